The van der Waals surface area contributed by atoms with Gasteiger partial charge in [0.1, 0.15) is 5.52 Å². The molecule has 2 N–H and O–H groups in total. The third kappa shape index (κ3) is 1.52. The maximum Gasteiger partial charge on any atom is 0.174 e. The minimum absolute atomic E-state index is 0.707. The Bertz CT molecular complexity index is 583. The van der Waals surface area contributed by atoms with Gasteiger partial charge < -0.3 is 4.98 Å². The number of rotatable bonds is 3. The molecule has 0 radical (unpaired) electrons. The van der Waals surface area contributed by atoms with Gasteiger partial charge in [-0.1, -0.05) is 5.21 Å². The first-order valence-corrected chi connectivity index (χ1v) is 4.93. The van der Waals surface area contributed by atoms with Gasteiger partial charge in [0, 0.05) is 25.0 Å². The van der Waals surface area contributed by atoms with Crippen molar-refractivity contribution in [2.45, 2.75) is 12.8 Å². The largest absolute Gasteiger partial charge is 0.345 e. The number of hydrogen-bond acceptors (Lipinski definition) is 5. The van der Waals surface area contributed by atoms with E-state index in [1.54, 1.807) is 12.4 Å². The van der Waals surface area contributed by atoms with Gasteiger partial charge in [0.25, 0.3) is 0 Å². The second kappa shape index (κ2) is 3.69. The Morgan fingerprint density at radius 3 is 2.94 bits per heavy atom. The molecule has 3 aromatic rings. The maximum atomic E-state index is 4.28. The molecule has 0 aromatic carbocycles. The molecule has 0 saturated carbocycles. The molecule has 0 aliphatic rings. The number of aromatic nitrogens is 7. The predicted octanol–water partition coefficient (Wildman–Crippen LogP) is 0.256. The van der Waals surface area contributed by atoms with Gasteiger partial charge in [0.05, 0.1) is 0 Å². The summed E-state index contributed by atoms with van der Waals surface area (Å²) in [6.07, 6.45) is 6.83. The van der Waals surface area contributed by atoms with Gasteiger partial charge in [-0.3, -0.25) is 4.98 Å². The summed E-state index contributed by atoms with van der Waals surface area (Å²) >= 11 is 0. The Labute approximate surface area is 90.3 Å². The van der Waals surface area contributed by atoms with Crippen molar-refractivity contribution in [1.29, 1.82) is 0 Å². The Balaban J connectivity index is 1.84. The average molecular weight is 215 g/mol. The summed E-state index contributed by atoms with van der Waals surface area (Å²) in [7, 11) is 0. The highest BCUT2D eigenvalue weighted by Crippen LogP contribution is 2.14. The molecular formula is C9H9N7. The number of hydrogen-bond donors (Lipinski definition) is 2. The number of H-pyrrole nitrogens is 2. The van der Waals surface area contributed by atoms with Gasteiger partial charge in [-0.25, -0.2) is 4.98 Å². The Morgan fingerprint density at radius 1 is 1.12 bits per heavy atom. The number of tetrazole rings is 1. The van der Waals surface area contributed by atoms with E-state index < -0.39 is 0 Å². The van der Waals surface area contributed by atoms with Crippen molar-refractivity contribution in [3.8, 4) is 0 Å². The topological polar surface area (TPSA) is 96.0 Å². The van der Waals surface area contributed by atoms with E-state index in [9.17, 15) is 0 Å². The standard InChI is InChI=1S/C9H9N7/c1(2-7-13-15-16-14-7)6-5-12-9-8(6)10-3-4-11-9/h3-5H,1-2H2,(H,11,12)(H,13,14,15,16). The monoisotopic (exact) mass is 215 g/mol. The molecule has 0 aliphatic carbocycles. The van der Waals surface area contributed by atoms with E-state index in [1.807, 2.05) is 6.20 Å². The van der Waals surface area contributed by atoms with Crippen LogP contribution in [0, 0.1) is 0 Å². The van der Waals surface area contributed by atoms with E-state index in [4.69, 9.17) is 0 Å². The number of nitrogens with one attached hydrogen (secondary N) is 2. The zero-order valence-electron chi connectivity index (χ0n) is 8.38. The Hall–Kier alpha value is -2.31. The fourth-order valence-electron chi connectivity index (χ4n) is 1.63. The van der Waals surface area contributed by atoms with Gasteiger partial charge in [0.2, 0.25) is 0 Å². The first-order valence-electron chi connectivity index (χ1n) is 4.93. The zero-order valence-corrected chi connectivity index (χ0v) is 8.38. The molecule has 0 aliphatic heterocycles. The number of nitrogens with zero attached hydrogens (tertiary/aromatic N) is 5. The van der Waals surface area contributed by atoms with Crippen molar-refractivity contribution in [1.82, 2.24) is 35.6 Å². The van der Waals surface area contributed by atoms with Crippen molar-refractivity contribution >= 4 is 11.2 Å². The summed E-state index contributed by atoms with van der Waals surface area (Å²) in [4.78, 5) is 11.5. The first kappa shape index (κ1) is 8.96. The van der Waals surface area contributed by atoms with Crippen LogP contribution in [0.2, 0.25) is 0 Å². The van der Waals surface area contributed by atoms with Crippen LogP contribution in [0.1, 0.15) is 11.4 Å². The van der Waals surface area contributed by atoms with E-state index in [2.05, 4.69) is 35.6 Å². The highest BCUT2D eigenvalue weighted by atomic mass is 15.5. The Kier molecular flexibility index (Phi) is 2.06. The summed E-state index contributed by atoms with van der Waals surface area (Å²) in [5, 5.41) is 13.7. The third-order valence-corrected chi connectivity index (χ3v) is 2.39. The van der Waals surface area contributed by atoms with E-state index in [0.29, 0.717) is 5.82 Å². The molecule has 7 nitrogen and oxygen atoms in total. The van der Waals surface area contributed by atoms with Gasteiger partial charge >= 0.3 is 0 Å². The van der Waals surface area contributed by atoms with E-state index in [0.717, 1.165) is 29.6 Å². The molecule has 0 fully saturated rings. The minimum atomic E-state index is 0.707. The van der Waals surface area contributed by atoms with Crippen LogP contribution in [0.5, 0.6) is 0 Å². The fraction of sp³-hybridized carbons (Fsp3) is 0.222. The molecule has 80 valence electrons. The lowest BCUT2D eigenvalue weighted by atomic mass is 10.1. The van der Waals surface area contributed by atoms with Gasteiger partial charge in [-0.2, -0.15) is 5.21 Å². The summed E-state index contributed by atoms with van der Waals surface area (Å²) in [6.45, 7) is 0. The summed E-state index contributed by atoms with van der Waals surface area (Å²) < 4.78 is 0. The molecule has 3 rings (SSSR count). The number of fused-ring (bicyclic) bond motifs is 1. The molecule has 0 atom stereocenters. The molecule has 0 saturated heterocycles. The lowest BCUT2D eigenvalue weighted by Gasteiger charge is -1.94. The molecule has 7 heteroatoms. The molecule has 3 aromatic heterocycles. The molecular weight excluding hydrogens is 206 g/mol. The third-order valence-electron chi connectivity index (χ3n) is 2.39. The lowest BCUT2D eigenvalue weighted by Crippen LogP contribution is -1.93. The number of aromatic amines is 2. The Morgan fingerprint density at radius 2 is 2.06 bits per heavy atom. The first-order chi connectivity index (χ1) is 7.93. The van der Waals surface area contributed by atoms with Crippen LogP contribution in [0.3, 0.4) is 0 Å². The van der Waals surface area contributed by atoms with E-state index >= 15 is 0 Å². The van der Waals surface area contributed by atoms with Gasteiger partial charge in [-0.05, 0) is 12.0 Å². The molecule has 0 spiro atoms. The van der Waals surface area contributed by atoms with Gasteiger partial charge in [0.15, 0.2) is 11.5 Å². The van der Waals surface area contributed by atoms with Crippen LogP contribution in [-0.4, -0.2) is 35.6 Å². The van der Waals surface area contributed by atoms with Crippen LogP contribution in [-0.2, 0) is 12.8 Å². The highest BCUT2D eigenvalue weighted by Gasteiger charge is 2.06. The van der Waals surface area contributed by atoms with Crippen molar-refractivity contribution in [2.75, 3.05) is 0 Å². The summed E-state index contributed by atoms with van der Waals surface area (Å²) in [5.74, 6) is 0.707. The van der Waals surface area contributed by atoms with Crippen LogP contribution in [0.15, 0.2) is 18.6 Å². The molecule has 0 amide bonds. The normalized spacial score (nSPS) is 11.0. The second-order valence-electron chi connectivity index (χ2n) is 3.40. The summed E-state index contributed by atoms with van der Waals surface area (Å²) in [5.41, 5.74) is 2.84. The molecule has 0 unspecified atom stereocenters. The fourth-order valence-corrected chi connectivity index (χ4v) is 1.63. The molecule has 16 heavy (non-hydrogen) atoms. The zero-order chi connectivity index (χ0) is 10.8. The van der Waals surface area contributed by atoms with E-state index in [1.165, 1.54) is 0 Å². The van der Waals surface area contributed by atoms with Crippen LogP contribution in [0.4, 0.5) is 0 Å². The van der Waals surface area contributed by atoms with Crippen molar-refractivity contribution in [3.05, 3.63) is 30.0 Å². The van der Waals surface area contributed by atoms with E-state index in [-0.39, 0.29) is 0 Å². The van der Waals surface area contributed by atoms with Crippen molar-refractivity contribution in [3.63, 3.8) is 0 Å². The smallest absolute Gasteiger partial charge is 0.174 e. The number of aryl methyl sites for hydroxylation is 2. The van der Waals surface area contributed by atoms with Crippen molar-refractivity contribution < 1.29 is 0 Å². The van der Waals surface area contributed by atoms with Crippen LogP contribution >= 0.6 is 0 Å². The molecule has 3 heterocycles. The quantitative estimate of drug-likeness (QED) is 0.653. The lowest BCUT2D eigenvalue weighted by molar-refractivity contribution is 0.867. The van der Waals surface area contributed by atoms with Crippen LogP contribution < -0.4 is 0 Å². The average Bonchev–Trinajstić information content (AvgIpc) is 2.96. The second-order valence-corrected chi connectivity index (χ2v) is 3.40. The maximum absolute atomic E-state index is 4.28. The van der Waals surface area contributed by atoms with Gasteiger partial charge in [-0.15, -0.1) is 10.2 Å². The van der Waals surface area contributed by atoms with Crippen LogP contribution in [0.25, 0.3) is 11.2 Å². The summed E-state index contributed by atoms with van der Waals surface area (Å²) in [6, 6.07) is 0. The van der Waals surface area contributed by atoms with Crippen molar-refractivity contribution in [2.24, 2.45) is 0 Å². The predicted molar refractivity (Wildman–Crippen MR) is 55.5 cm³/mol. The minimum Gasteiger partial charge on any atom is -0.345 e. The highest BCUT2D eigenvalue weighted by molar-refractivity contribution is 5.74. The SMILES string of the molecule is c1cnc2c(CCc3nn[nH]n3)c[nH]c2n1. The molecule has 0 bridgehead atoms.